The van der Waals surface area contributed by atoms with Crippen LogP contribution in [0.25, 0.3) is 0 Å². The molecule has 20 heavy (non-hydrogen) atoms. The van der Waals surface area contributed by atoms with E-state index in [4.69, 9.17) is 5.11 Å². The van der Waals surface area contributed by atoms with E-state index in [-0.39, 0.29) is 0 Å². The molecule has 0 bridgehead atoms. The topological polar surface area (TPSA) is 78.4 Å². The normalized spacial score (nSPS) is 11.8. The molecule has 0 saturated heterocycles. The number of halogens is 1. The molecular formula is C14H19BrN2O3. The fourth-order valence-electron chi connectivity index (χ4n) is 1.73. The maximum absolute atomic E-state index is 11.9. The van der Waals surface area contributed by atoms with Crippen molar-refractivity contribution in [3.63, 3.8) is 0 Å². The Balaban J connectivity index is 2.66. The van der Waals surface area contributed by atoms with Gasteiger partial charge in [0.05, 0.1) is 0 Å². The summed E-state index contributed by atoms with van der Waals surface area (Å²) in [5, 5.41) is 14.2. The average molecular weight is 343 g/mol. The van der Waals surface area contributed by atoms with E-state index >= 15 is 0 Å². The Morgan fingerprint density at radius 1 is 1.40 bits per heavy atom. The lowest BCUT2D eigenvalue weighted by atomic mass is 10.1. The quantitative estimate of drug-likeness (QED) is 0.739. The molecule has 2 amide bonds. The summed E-state index contributed by atoms with van der Waals surface area (Å²) in [6.07, 6.45) is 2.07. The summed E-state index contributed by atoms with van der Waals surface area (Å²) in [4.78, 5) is 22.9. The number of carbonyl (C=O) groups excluding carboxylic acids is 1. The van der Waals surface area contributed by atoms with Crippen LogP contribution in [-0.4, -0.2) is 23.1 Å². The lowest BCUT2D eigenvalue weighted by Gasteiger charge is -2.16. The van der Waals surface area contributed by atoms with Gasteiger partial charge < -0.3 is 15.7 Å². The summed E-state index contributed by atoms with van der Waals surface area (Å²) in [6.45, 7) is 3.84. The van der Waals surface area contributed by atoms with Crippen molar-refractivity contribution in [2.45, 2.75) is 39.2 Å². The van der Waals surface area contributed by atoms with Gasteiger partial charge in [0.2, 0.25) is 0 Å². The molecule has 0 aromatic heterocycles. The molecule has 5 nitrogen and oxygen atoms in total. The number of carboxylic acids is 1. The second-order valence-corrected chi connectivity index (χ2v) is 5.40. The van der Waals surface area contributed by atoms with Crippen LogP contribution in [0.3, 0.4) is 0 Å². The molecule has 1 aromatic rings. The summed E-state index contributed by atoms with van der Waals surface area (Å²) in [5.74, 6) is -1.01. The highest BCUT2D eigenvalue weighted by Gasteiger charge is 2.19. The Labute approximate surface area is 126 Å². The SMILES string of the molecule is CCCCC(NC(=O)Nc1cccc(Br)c1C)C(=O)O. The molecule has 1 unspecified atom stereocenters. The van der Waals surface area contributed by atoms with E-state index in [0.29, 0.717) is 12.1 Å². The van der Waals surface area contributed by atoms with Crippen LogP contribution in [0.2, 0.25) is 0 Å². The number of urea groups is 1. The molecule has 1 rings (SSSR count). The first kappa shape index (κ1) is 16.5. The average Bonchev–Trinajstić information content (AvgIpc) is 2.39. The van der Waals surface area contributed by atoms with Crippen molar-refractivity contribution in [2.24, 2.45) is 0 Å². The van der Waals surface area contributed by atoms with E-state index in [2.05, 4.69) is 26.6 Å². The highest BCUT2D eigenvalue weighted by atomic mass is 79.9. The van der Waals surface area contributed by atoms with Crippen molar-refractivity contribution in [3.8, 4) is 0 Å². The van der Waals surface area contributed by atoms with Crippen molar-refractivity contribution in [3.05, 3.63) is 28.2 Å². The highest BCUT2D eigenvalue weighted by Crippen LogP contribution is 2.23. The third-order valence-electron chi connectivity index (χ3n) is 2.97. The van der Waals surface area contributed by atoms with E-state index in [0.717, 1.165) is 22.9 Å². The number of aliphatic carboxylic acids is 1. The van der Waals surface area contributed by atoms with E-state index in [1.54, 1.807) is 12.1 Å². The Kier molecular flexibility index (Phi) is 6.51. The molecule has 0 radical (unpaired) electrons. The highest BCUT2D eigenvalue weighted by molar-refractivity contribution is 9.10. The van der Waals surface area contributed by atoms with Gasteiger partial charge >= 0.3 is 12.0 Å². The van der Waals surface area contributed by atoms with Crippen LogP contribution >= 0.6 is 15.9 Å². The smallest absolute Gasteiger partial charge is 0.326 e. The Morgan fingerprint density at radius 2 is 2.10 bits per heavy atom. The summed E-state index contributed by atoms with van der Waals surface area (Å²) >= 11 is 3.38. The number of hydrogen-bond acceptors (Lipinski definition) is 2. The molecule has 0 aliphatic carbocycles. The molecule has 0 saturated carbocycles. The molecule has 0 heterocycles. The lowest BCUT2D eigenvalue weighted by Crippen LogP contribution is -2.43. The molecule has 6 heteroatoms. The van der Waals surface area contributed by atoms with Gasteiger partial charge in [-0.15, -0.1) is 0 Å². The predicted molar refractivity (Wildman–Crippen MR) is 82.0 cm³/mol. The van der Waals surface area contributed by atoms with E-state index < -0.39 is 18.0 Å². The number of anilines is 1. The molecule has 1 atom stereocenters. The number of benzene rings is 1. The van der Waals surface area contributed by atoms with Crippen molar-refractivity contribution in [1.82, 2.24) is 5.32 Å². The van der Waals surface area contributed by atoms with Crippen LogP contribution in [0.1, 0.15) is 31.7 Å². The molecular weight excluding hydrogens is 324 g/mol. The second kappa shape index (κ2) is 7.89. The zero-order valence-corrected chi connectivity index (χ0v) is 13.2. The molecule has 0 aliphatic rings. The van der Waals surface area contributed by atoms with Gasteiger partial charge in [-0.25, -0.2) is 9.59 Å². The maximum Gasteiger partial charge on any atom is 0.326 e. The fourth-order valence-corrected chi connectivity index (χ4v) is 2.09. The van der Waals surface area contributed by atoms with Crippen LogP contribution < -0.4 is 10.6 Å². The number of nitrogens with one attached hydrogen (secondary N) is 2. The third kappa shape index (κ3) is 4.85. The number of hydrogen-bond donors (Lipinski definition) is 3. The van der Waals surface area contributed by atoms with Gasteiger partial charge in [-0.3, -0.25) is 0 Å². The van der Waals surface area contributed by atoms with Crippen molar-refractivity contribution in [1.29, 1.82) is 0 Å². The van der Waals surface area contributed by atoms with Crippen molar-refractivity contribution < 1.29 is 14.7 Å². The lowest BCUT2D eigenvalue weighted by molar-refractivity contribution is -0.139. The van der Waals surface area contributed by atoms with E-state index in [1.165, 1.54) is 0 Å². The summed E-state index contributed by atoms with van der Waals surface area (Å²) in [5.41, 5.74) is 1.54. The minimum absolute atomic E-state index is 0.427. The predicted octanol–water partition coefficient (Wildman–Crippen LogP) is 3.52. The first-order valence-electron chi connectivity index (χ1n) is 6.51. The first-order chi connectivity index (χ1) is 9.45. The monoisotopic (exact) mass is 342 g/mol. The van der Waals surface area contributed by atoms with Gasteiger partial charge in [-0.05, 0) is 31.0 Å². The molecule has 0 fully saturated rings. The molecule has 0 aliphatic heterocycles. The molecule has 1 aromatic carbocycles. The Bertz CT molecular complexity index is 491. The van der Waals surface area contributed by atoms with Crippen LogP contribution in [0.5, 0.6) is 0 Å². The molecule has 3 N–H and O–H groups in total. The number of carboxylic acid groups (broad SMARTS) is 1. The summed E-state index contributed by atoms with van der Waals surface area (Å²) < 4.78 is 0.885. The zero-order chi connectivity index (χ0) is 15.1. The number of amides is 2. The fraction of sp³-hybridized carbons (Fsp3) is 0.429. The van der Waals surface area contributed by atoms with Gasteiger partial charge in [0.1, 0.15) is 6.04 Å². The maximum atomic E-state index is 11.9. The number of rotatable bonds is 6. The molecule has 110 valence electrons. The summed E-state index contributed by atoms with van der Waals surface area (Å²) in [6, 6.07) is 4.08. The second-order valence-electron chi connectivity index (χ2n) is 4.54. The van der Waals surface area contributed by atoms with Crippen molar-refractivity contribution in [2.75, 3.05) is 5.32 Å². The van der Waals surface area contributed by atoms with Gasteiger partial charge in [0.15, 0.2) is 0 Å². The third-order valence-corrected chi connectivity index (χ3v) is 3.82. The van der Waals surface area contributed by atoms with Crippen LogP contribution in [0.15, 0.2) is 22.7 Å². The van der Waals surface area contributed by atoms with E-state index in [9.17, 15) is 9.59 Å². The minimum atomic E-state index is -1.01. The van der Waals surface area contributed by atoms with Gasteiger partial charge in [0.25, 0.3) is 0 Å². The number of unbranched alkanes of at least 4 members (excludes halogenated alkanes) is 1. The van der Waals surface area contributed by atoms with Crippen molar-refractivity contribution >= 4 is 33.6 Å². The van der Waals surface area contributed by atoms with Gasteiger partial charge in [0, 0.05) is 10.2 Å². The Morgan fingerprint density at radius 3 is 2.70 bits per heavy atom. The van der Waals surface area contributed by atoms with Crippen LogP contribution in [0.4, 0.5) is 10.5 Å². The number of carbonyl (C=O) groups is 2. The van der Waals surface area contributed by atoms with Crippen LogP contribution in [-0.2, 0) is 4.79 Å². The molecule has 0 spiro atoms. The zero-order valence-electron chi connectivity index (χ0n) is 11.6. The van der Waals surface area contributed by atoms with Gasteiger partial charge in [-0.1, -0.05) is 41.8 Å². The first-order valence-corrected chi connectivity index (χ1v) is 7.30. The van der Waals surface area contributed by atoms with Crippen LogP contribution in [0, 0.1) is 6.92 Å². The Hall–Kier alpha value is -1.56. The minimum Gasteiger partial charge on any atom is -0.480 e. The standard InChI is InChI=1S/C14H19BrN2O3/c1-3-4-7-12(13(18)19)17-14(20)16-11-8-5-6-10(15)9(11)2/h5-6,8,12H,3-4,7H2,1-2H3,(H,18,19)(H2,16,17,20). The van der Waals surface area contributed by atoms with E-state index in [1.807, 2.05) is 19.9 Å². The summed E-state index contributed by atoms with van der Waals surface area (Å²) in [7, 11) is 0. The largest absolute Gasteiger partial charge is 0.480 e. The van der Waals surface area contributed by atoms with Gasteiger partial charge in [-0.2, -0.15) is 0 Å².